The van der Waals surface area contributed by atoms with E-state index in [2.05, 4.69) is 0 Å². The minimum Gasteiger partial charge on any atom is -0.458 e. The van der Waals surface area contributed by atoms with Gasteiger partial charge in [0.1, 0.15) is 6.61 Å². The second-order valence-electron chi connectivity index (χ2n) is 4.44. The summed E-state index contributed by atoms with van der Waals surface area (Å²) in [6, 6.07) is 13.5. The van der Waals surface area contributed by atoms with Gasteiger partial charge < -0.3 is 4.74 Å². The maximum Gasteiger partial charge on any atom is 0.338 e. The predicted molar refractivity (Wildman–Crippen MR) is 73.7 cm³/mol. The zero-order valence-electron chi connectivity index (χ0n) is 10.6. The third kappa shape index (κ3) is 2.98. The van der Waals surface area contributed by atoms with Gasteiger partial charge in [0.15, 0.2) is 0 Å². The van der Waals surface area contributed by atoms with Gasteiger partial charge in [-0.05, 0) is 42.8 Å². The minimum absolute atomic E-state index is 0.279. The molecule has 0 N–H and O–H groups in total. The van der Waals surface area contributed by atoms with Crippen LogP contribution >= 0.6 is 0 Å². The van der Waals surface area contributed by atoms with Gasteiger partial charge in [-0.25, -0.2) is 4.79 Å². The average Bonchev–Trinajstić information content (AvgIpc) is 2.37. The zero-order chi connectivity index (χ0) is 13.0. The maximum atomic E-state index is 11.8. The van der Waals surface area contributed by atoms with Crippen LogP contribution in [0, 0.1) is 0 Å². The van der Waals surface area contributed by atoms with Crippen molar-refractivity contribution in [3.05, 3.63) is 59.7 Å². The molecule has 92 valence electrons. The molecule has 2 rings (SSSR count). The van der Waals surface area contributed by atoms with Crippen LogP contribution in [0.3, 0.4) is 0 Å². The van der Waals surface area contributed by atoms with Crippen LogP contribution in [0.1, 0.15) is 24.2 Å². The molecule has 0 saturated heterocycles. The molecule has 2 aromatic rings. The van der Waals surface area contributed by atoms with Crippen molar-refractivity contribution >= 4 is 16.7 Å². The lowest BCUT2D eigenvalue weighted by Gasteiger charge is -2.04. The lowest BCUT2D eigenvalue weighted by Crippen LogP contribution is -2.05. The first-order valence-electron chi connectivity index (χ1n) is 5.96. The Morgan fingerprint density at radius 1 is 1.11 bits per heavy atom. The van der Waals surface area contributed by atoms with Crippen LogP contribution < -0.4 is 0 Å². The number of carbonyl (C=O) groups excluding carboxylic acids is 1. The summed E-state index contributed by atoms with van der Waals surface area (Å²) in [5.74, 6) is -0.279. The molecule has 18 heavy (non-hydrogen) atoms. The van der Waals surface area contributed by atoms with E-state index in [1.165, 1.54) is 0 Å². The Morgan fingerprint density at radius 3 is 2.56 bits per heavy atom. The molecule has 0 unspecified atom stereocenters. The Bertz CT molecular complexity index is 593. The molecule has 2 aromatic carbocycles. The summed E-state index contributed by atoms with van der Waals surface area (Å²) in [5.41, 5.74) is 1.73. The number of ether oxygens (including phenoxy) is 1. The Balaban J connectivity index is 2.15. The Labute approximate surface area is 107 Å². The van der Waals surface area contributed by atoms with E-state index in [4.69, 9.17) is 4.74 Å². The number of hydrogen-bond acceptors (Lipinski definition) is 2. The number of hydrogen-bond donors (Lipinski definition) is 0. The second kappa shape index (κ2) is 5.50. The zero-order valence-corrected chi connectivity index (χ0v) is 10.6. The molecule has 2 nitrogen and oxygen atoms in total. The average molecular weight is 240 g/mol. The molecule has 0 heterocycles. The first-order chi connectivity index (χ1) is 8.66. The van der Waals surface area contributed by atoms with Crippen molar-refractivity contribution in [2.45, 2.75) is 13.8 Å². The largest absolute Gasteiger partial charge is 0.458 e. The van der Waals surface area contributed by atoms with Gasteiger partial charge in [-0.1, -0.05) is 35.9 Å². The highest BCUT2D eigenvalue weighted by Crippen LogP contribution is 2.16. The molecular formula is C16H16O2. The fourth-order valence-electron chi connectivity index (χ4n) is 1.68. The fourth-order valence-corrected chi connectivity index (χ4v) is 1.68. The highest BCUT2D eigenvalue weighted by Gasteiger charge is 2.06. The number of fused-ring (bicyclic) bond motifs is 1. The highest BCUT2D eigenvalue weighted by atomic mass is 16.5. The Kier molecular flexibility index (Phi) is 3.78. The summed E-state index contributed by atoms with van der Waals surface area (Å²) >= 11 is 0. The lowest BCUT2D eigenvalue weighted by molar-refractivity contribution is 0.0549. The van der Waals surface area contributed by atoms with Gasteiger partial charge in [0.05, 0.1) is 5.56 Å². The molecule has 0 radical (unpaired) electrons. The van der Waals surface area contributed by atoms with Gasteiger partial charge in [0, 0.05) is 0 Å². The summed E-state index contributed by atoms with van der Waals surface area (Å²) in [4.78, 5) is 11.8. The number of allylic oxidation sites excluding steroid dienone is 1. The smallest absolute Gasteiger partial charge is 0.338 e. The first kappa shape index (κ1) is 12.4. The van der Waals surface area contributed by atoms with Crippen LogP contribution in [0.4, 0.5) is 0 Å². The van der Waals surface area contributed by atoms with Crippen molar-refractivity contribution < 1.29 is 9.53 Å². The van der Waals surface area contributed by atoms with E-state index in [-0.39, 0.29) is 5.97 Å². The molecule has 2 heteroatoms. The van der Waals surface area contributed by atoms with E-state index < -0.39 is 0 Å². The van der Waals surface area contributed by atoms with Gasteiger partial charge in [-0.3, -0.25) is 0 Å². The molecule has 0 saturated carbocycles. The standard InChI is InChI=1S/C16H16O2/c1-12(2)9-10-18-16(17)15-8-7-13-5-3-4-6-14(13)11-15/h3-9,11H,10H2,1-2H3. The second-order valence-corrected chi connectivity index (χ2v) is 4.44. The number of rotatable bonds is 3. The van der Waals surface area contributed by atoms with E-state index >= 15 is 0 Å². The molecule has 0 atom stereocenters. The fraction of sp³-hybridized carbons (Fsp3) is 0.188. The van der Waals surface area contributed by atoms with E-state index in [0.29, 0.717) is 12.2 Å². The molecule has 0 aromatic heterocycles. The summed E-state index contributed by atoms with van der Waals surface area (Å²) in [6.45, 7) is 4.28. The van der Waals surface area contributed by atoms with Gasteiger partial charge in [0.25, 0.3) is 0 Å². The van der Waals surface area contributed by atoms with Crippen molar-refractivity contribution in [2.75, 3.05) is 6.61 Å². The maximum absolute atomic E-state index is 11.8. The summed E-state index contributed by atoms with van der Waals surface area (Å²) in [5, 5.41) is 2.17. The van der Waals surface area contributed by atoms with Gasteiger partial charge in [-0.2, -0.15) is 0 Å². The SMILES string of the molecule is CC(C)=CCOC(=O)c1ccc2ccccc2c1. The van der Waals surface area contributed by atoms with Crippen molar-refractivity contribution in [1.82, 2.24) is 0 Å². The van der Waals surface area contributed by atoms with Crippen molar-refractivity contribution in [1.29, 1.82) is 0 Å². The molecule has 0 aliphatic rings. The van der Waals surface area contributed by atoms with Crippen LogP contribution in [-0.4, -0.2) is 12.6 Å². The predicted octanol–water partition coefficient (Wildman–Crippen LogP) is 3.96. The number of benzene rings is 2. The molecular weight excluding hydrogens is 224 g/mol. The third-order valence-electron chi connectivity index (χ3n) is 2.69. The molecule has 0 spiro atoms. The Hall–Kier alpha value is -2.09. The van der Waals surface area contributed by atoms with E-state index in [1.54, 1.807) is 6.07 Å². The third-order valence-corrected chi connectivity index (χ3v) is 2.69. The Morgan fingerprint density at radius 2 is 1.83 bits per heavy atom. The monoisotopic (exact) mass is 240 g/mol. The summed E-state index contributed by atoms with van der Waals surface area (Å²) < 4.78 is 5.17. The van der Waals surface area contributed by atoms with E-state index in [1.807, 2.05) is 56.3 Å². The molecule has 0 amide bonds. The normalized spacial score (nSPS) is 10.1. The van der Waals surface area contributed by atoms with E-state index in [9.17, 15) is 4.79 Å². The van der Waals surface area contributed by atoms with Gasteiger partial charge in [0.2, 0.25) is 0 Å². The van der Waals surface area contributed by atoms with Crippen LogP contribution in [0.25, 0.3) is 10.8 Å². The van der Waals surface area contributed by atoms with Crippen LogP contribution in [0.5, 0.6) is 0 Å². The van der Waals surface area contributed by atoms with Crippen molar-refractivity contribution in [3.63, 3.8) is 0 Å². The summed E-state index contributed by atoms with van der Waals surface area (Å²) in [7, 11) is 0. The molecule has 0 bridgehead atoms. The van der Waals surface area contributed by atoms with Gasteiger partial charge >= 0.3 is 5.97 Å². The van der Waals surface area contributed by atoms with E-state index in [0.717, 1.165) is 16.3 Å². The quantitative estimate of drug-likeness (QED) is 0.599. The number of carbonyl (C=O) groups is 1. The minimum atomic E-state index is -0.279. The molecule has 0 aliphatic heterocycles. The molecule has 0 aliphatic carbocycles. The van der Waals surface area contributed by atoms with Crippen LogP contribution in [0.15, 0.2) is 54.1 Å². The topological polar surface area (TPSA) is 26.3 Å². The summed E-state index contributed by atoms with van der Waals surface area (Å²) in [6.07, 6.45) is 1.89. The van der Waals surface area contributed by atoms with Crippen molar-refractivity contribution in [2.24, 2.45) is 0 Å². The van der Waals surface area contributed by atoms with Crippen LogP contribution in [-0.2, 0) is 4.74 Å². The van der Waals surface area contributed by atoms with Crippen molar-refractivity contribution in [3.8, 4) is 0 Å². The molecule has 0 fully saturated rings. The number of esters is 1. The van der Waals surface area contributed by atoms with Gasteiger partial charge in [-0.15, -0.1) is 0 Å². The van der Waals surface area contributed by atoms with Crippen LogP contribution in [0.2, 0.25) is 0 Å². The highest BCUT2D eigenvalue weighted by molar-refractivity contribution is 5.95. The lowest BCUT2D eigenvalue weighted by atomic mass is 10.1. The first-order valence-corrected chi connectivity index (χ1v) is 5.96.